The van der Waals surface area contributed by atoms with Gasteiger partial charge in [-0.05, 0) is 29.8 Å². The fourth-order valence-corrected chi connectivity index (χ4v) is 3.38. The maximum Gasteiger partial charge on any atom is 0.227 e. The van der Waals surface area contributed by atoms with E-state index in [9.17, 15) is 13.0 Å². The van der Waals surface area contributed by atoms with Crippen molar-refractivity contribution in [1.29, 1.82) is 0 Å². The number of nitrogens with two attached hydrogens (primary N) is 1. The first-order valence-corrected chi connectivity index (χ1v) is 10.5. The van der Waals surface area contributed by atoms with Gasteiger partial charge in [-0.2, -0.15) is 0 Å². The third-order valence-electron chi connectivity index (χ3n) is 4.09. The summed E-state index contributed by atoms with van der Waals surface area (Å²) in [6.07, 6.45) is 1.02. The minimum atomic E-state index is -2.55. The van der Waals surface area contributed by atoms with Crippen LogP contribution in [-0.2, 0) is 9.71 Å². The standard InChI is InChI=1S/C20H20F2N4O2S/c1-3-29(23,27)12-13-5-4-6-15(9-13)25-20-24-11-17(22)19(26-20)16-8-7-14(21)10-18(16)28-2/h4-12H,3H2,1-2H3,(H2,23,27)(H,24,25,26). The molecule has 0 spiro atoms. The van der Waals surface area contributed by atoms with Crippen molar-refractivity contribution in [3.63, 3.8) is 0 Å². The van der Waals surface area contributed by atoms with Crippen LogP contribution >= 0.6 is 0 Å². The van der Waals surface area contributed by atoms with Gasteiger partial charge in [-0.15, -0.1) is 0 Å². The van der Waals surface area contributed by atoms with Crippen LogP contribution in [0.2, 0.25) is 0 Å². The van der Waals surface area contributed by atoms with Crippen molar-refractivity contribution in [2.45, 2.75) is 6.92 Å². The van der Waals surface area contributed by atoms with Gasteiger partial charge in [0.05, 0.1) is 13.3 Å². The number of nitrogens with one attached hydrogen (secondary N) is 1. The Bertz CT molecular complexity index is 1160. The van der Waals surface area contributed by atoms with Gasteiger partial charge in [0.2, 0.25) is 5.95 Å². The quantitative estimate of drug-likeness (QED) is 0.598. The molecule has 0 saturated heterocycles. The summed E-state index contributed by atoms with van der Waals surface area (Å²) in [5, 5.41) is 10.2. The second kappa shape index (κ2) is 8.54. The zero-order valence-electron chi connectivity index (χ0n) is 15.9. The second-order valence-electron chi connectivity index (χ2n) is 6.17. The summed E-state index contributed by atoms with van der Waals surface area (Å²) in [5.41, 5.74) is 1.54. The first-order chi connectivity index (χ1) is 13.8. The van der Waals surface area contributed by atoms with Crippen molar-refractivity contribution in [2.24, 2.45) is 5.14 Å². The minimum Gasteiger partial charge on any atom is -0.496 e. The van der Waals surface area contributed by atoms with E-state index < -0.39 is 21.3 Å². The molecule has 0 saturated carbocycles. The molecule has 2 aromatic carbocycles. The first kappa shape index (κ1) is 20.7. The highest BCUT2D eigenvalue weighted by Crippen LogP contribution is 2.31. The van der Waals surface area contributed by atoms with E-state index in [4.69, 9.17) is 9.88 Å². The molecule has 0 aliphatic rings. The maximum atomic E-state index is 14.3. The molecule has 0 fully saturated rings. The molecule has 152 valence electrons. The fraction of sp³-hybridized carbons (Fsp3) is 0.150. The first-order valence-electron chi connectivity index (χ1n) is 8.69. The molecule has 0 amide bonds. The summed E-state index contributed by atoms with van der Waals surface area (Å²) < 4.78 is 45.0. The van der Waals surface area contributed by atoms with Gasteiger partial charge >= 0.3 is 0 Å². The molecule has 3 aromatic rings. The Morgan fingerprint density at radius 3 is 2.76 bits per heavy atom. The third-order valence-corrected chi connectivity index (χ3v) is 5.67. The van der Waals surface area contributed by atoms with E-state index >= 15 is 0 Å². The summed E-state index contributed by atoms with van der Waals surface area (Å²) in [6.45, 7) is 1.75. The second-order valence-corrected chi connectivity index (χ2v) is 8.54. The predicted molar refractivity (Wildman–Crippen MR) is 112 cm³/mol. The lowest BCUT2D eigenvalue weighted by atomic mass is 10.1. The van der Waals surface area contributed by atoms with Crippen LogP contribution < -0.4 is 15.2 Å². The lowest BCUT2D eigenvalue weighted by Gasteiger charge is -2.11. The average molecular weight is 418 g/mol. The van der Waals surface area contributed by atoms with Gasteiger partial charge in [0.15, 0.2) is 5.82 Å². The molecular weight excluding hydrogens is 398 g/mol. The van der Waals surface area contributed by atoms with Crippen LogP contribution in [0, 0.1) is 11.6 Å². The number of halogens is 2. The topological polar surface area (TPSA) is 90.1 Å². The normalized spacial score (nSPS) is 12.9. The molecule has 1 aromatic heterocycles. The SMILES string of the molecule is CCS(N)(=O)=Cc1cccc(Nc2ncc(F)c(-c3ccc(F)cc3OC)n2)c1. The van der Waals surface area contributed by atoms with Crippen molar-refractivity contribution in [3.8, 4) is 17.0 Å². The lowest BCUT2D eigenvalue weighted by molar-refractivity contribution is 0.412. The van der Waals surface area contributed by atoms with E-state index in [0.29, 0.717) is 22.6 Å². The maximum absolute atomic E-state index is 14.3. The van der Waals surface area contributed by atoms with Crippen molar-refractivity contribution >= 4 is 26.7 Å². The van der Waals surface area contributed by atoms with Crippen LogP contribution in [0.15, 0.2) is 48.7 Å². The molecule has 3 rings (SSSR count). The number of anilines is 2. The molecule has 1 atom stereocenters. The highest BCUT2D eigenvalue weighted by molar-refractivity contribution is 7.99. The van der Waals surface area contributed by atoms with Gasteiger partial charge in [-0.25, -0.2) is 18.7 Å². The Morgan fingerprint density at radius 1 is 1.24 bits per heavy atom. The van der Waals surface area contributed by atoms with E-state index in [2.05, 4.69) is 15.3 Å². The number of hydrogen-bond acceptors (Lipinski definition) is 5. The lowest BCUT2D eigenvalue weighted by Crippen LogP contribution is -2.18. The summed E-state index contributed by atoms with van der Waals surface area (Å²) in [5.74, 6) is -0.561. The number of ether oxygens (including phenoxy) is 1. The number of aromatic nitrogens is 2. The molecule has 29 heavy (non-hydrogen) atoms. The van der Waals surface area contributed by atoms with E-state index in [-0.39, 0.29) is 17.4 Å². The molecule has 1 heterocycles. The molecule has 0 aliphatic heterocycles. The van der Waals surface area contributed by atoms with E-state index in [0.717, 1.165) is 12.3 Å². The van der Waals surface area contributed by atoms with Crippen LogP contribution in [0.5, 0.6) is 5.75 Å². The van der Waals surface area contributed by atoms with Crippen LogP contribution in [-0.4, -0.2) is 32.4 Å². The largest absolute Gasteiger partial charge is 0.496 e. The number of benzene rings is 2. The van der Waals surface area contributed by atoms with Crippen LogP contribution in [0.1, 0.15) is 12.5 Å². The molecule has 3 N–H and O–H groups in total. The molecule has 1 unspecified atom stereocenters. The number of rotatable bonds is 6. The van der Waals surface area contributed by atoms with Crippen LogP contribution in [0.25, 0.3) is 11.3 Å². The summed E-state index contributed by atoms with van der Waals surface area (Å²) in [4.78, 5) is 8.16. The van der Waals surface area contributed by atoms with Crippen LogP contribution in [0.3, 0.4) is 0 Å². The fourth-order valence-electron chi connectivity index (χ4n) is 2.61. The molecule has 0 bridgehead atoms. The number of hydrogen-bond donors (Lipinski definition) is 2. The van der Waals surface area contributed by atoms with Crippen molar-refractivity contribution in [2.75, 3.05) is 18.2 Å². The smallest absolute Gasteiger partial charge is 0.227 e. The summed E-state index contributed by atoms with van der Waals surface area (Å²) >= 11 is 0. The highest BCUT2D eigenvalue weighted by atomic mass is 32.2. The van der Waals surface area contributed by atoms with Crippen molar-refractivity contribution in [3.05, 3.63) is 65.9 Å². The molecule has 9 heteroatoms. The number of methoxy groups -OCH3 is 1. The number of nitrogens with zero attached hydrogens (tertiary/aromatic N) is 2. The summed E-state index contributed by atoms with van der Waals surface area (Å²) in [6, 6.07) is 10.8. The molecular formula is C20H20F2N4O2S. The molecule has 0 aliphatic carbocycles. The van der Waals surface area contributed by atoms with Gasteiger partial charge < -0.3 is 10.1 Å². The Labute approximate surface area is 167 Å². The Morgan fingerprint density at radius 2 is 2.03 bits per heavy atom. The van der Waals surface area contributed by atoms with Gasteiger partial charge in [0, 0.05) is 38.1 Å². The highest BCUT2D eigenvalue weighted by Gasteiger charge is 2.15. The van der Waals surface area contributed by atoms with Crippen LogP contribution in [0.4, 0.5) is 20.4 Å². The molecule has 0 radical (unpaired) electrons. The Balaban J connectivity index is 1.96. The average Bonchev–Trinajstić information content (AvgIpc) is 2.69. The Kier molecular flexibility index (Phi) is 6.09. The zero-order chi connectivity index (χ0) is 21.0. The van der Waals surface area contributed by atoms with E-state index in [1.807, 2.05) is 0 Å². The predicted octanol–water partition coefficient (Wildman–Crippen LogP) is 3.50. The van der Waals surface area contributed by atoms with E-state index in [1.54, 1.807) is 31.2 Å². The van der Waals surface area contributed by atoms with Gasteiger partial charge in [-0.3, -0.25) is 9.35 Å². The third kappa shape index (κ3) is 5.07. The summed E-state index contributed by atoms with van der Waals surface area (Å²) in [7, 11) is -1.18. The van der Waals surface area contributed by atoms with Gasteiger partial charge in [-0.1, -0.05) is 19.1 Å². The van der Waals surface area contributed by atoms with Gasteiger partial charge in [0.1, 0.15) is 17.3 Å². The monoisotopic (exact) mass is 418 g/mol. The van der Waals surface area contributed by atoms with Crippen molar-refractivity contribution < 1.29 is 17.7 Å². The molecule has 6 nitrogen and oxygen atoms in total. The van der Waals surface area contributed by atoms with Crippen molar-refractivity contribution in [1.82, 2.24) is 9.97 Å². The van der Waals surface area contributed by atoms with E-state index in [1.165, 1.54) is 24.6 Å². The van der Waals surface area contributed by atoms with Gasteiger partial charge in [0.25, 0.3) is 0 Å². The zero-order valence-corrected chi connectivity index (χ0v) is 16.7. The Hall–Kier alpha value is -3.04. The minimum absolute atomic E-state index is 0.0296.